The van der Waals surface area contributed by atoms with Crippen LogP contribution < -0.4 is 16.0 Å². The maximum atomic E-state index is 12.3. The molecule has 2 heterocycles. The molecule has 1 aromatic carbocycles. The second-order valence-corrected chi connectivity index (χ2v) is 7.89. The molecule has 0 aromatic heterocycles. The summed E-state index contributed by atoms with van der Waals surface area (Å²) in [5.41, 5.74) is 1.74. The first-order valence-electron chi connectivity index (χ1n) is 8.25. The van der Waals surface area contributed by atoms with Crippen LogP contribution in [0.1, 0.15) is 26.2 Å². The van der Waals surface area contributed by atoms with Gasteiger partial charge < -0.3 is 21.1 Å². The molecule has 1 fully saturated rings. The molecule has 130 valence electrons. The van der Waals surface area contributed by atoms with Gasteiger partial charge in [-0.2, -0.15) is 0 Å². The molecular formula is C17H23N3O3S. The zero-order chi connectivity index (χ0) is 17.2. The molecule has 0 aliphatic carbocycles. The number of ketones is 1. The highest BCUT2D eigenvalue weighted by Crippen LogP contribution is 2.45. The predicted molar refractivity (Wildman–Crippen MR) is 96.3 cm³/mol. The van der Waals surface area contributed by atoms with Crippen LogP contribution in [-0.2, 0) is 9.59 Å². The van der Waals surface area contributed by atoms with Gasteiger partial charge in [0.15, 0.2) is 4.99 Å². The van der Waals surface area contributed by atoms with Crippen molar-refractivity contribution in [2.75, 3.05) is 23.7 Å². The Bertz CT molecular complexity index is 606. The maximum Gasteiger partial charge on any atom is 0.308 e. The van der Waals surface area contributed by atoms with Gasteiger partial charge in [-0.15, -0.1) is 11.8 Å². The van der Waals surface area contributed by atoms with Crippen molar-refractivity contribution in [3.63, 3.8) is 0 Å². The van der Waals surface area contributed by atoms with E-state index < -0.39 is 11.0 Å². The highest BCUT2D eigenvalue weighted by molar-refractivity contribution is 8.02. The molecule has 2 aliphatic heterocycles. The number of hydrogen-bond donors (Lipinski definition) is 4. The summed E-state index contributed by atoms with van der Waals surface area (Å²) in [6.07, 6.45) is 1.92. The number of rotatable bonds is 6. The number of carboxylic acid groups (broad SMARTS) is 1. The van der Waals surface area contributed by atoms with Crippen molar-refractivity contribution in [3.05, 3.63) is 24.3 Å². The number of para-hydroxylation sites is 2. The molecular weight excluding hydrogens is 326 g/mol. The monoisotopic (exact) mass is 349 g/mol. The lowest BCUT2D eigenvalue weighted by atomic mass is 9.94. The smallest absolute Gasteiger partial charge is 0.308 e. The average Bonchev–Trinajstić information content (AvgIpc) is 2.90. The van der Waals surface area contributed by atoms with Crippen molar-refractivity contribution in [2.45, 2.75) is 36.4 Å². The van der Waals surface area contributed by atoms with Gasteiger partial charge in [0.25, 0.3) is 0 Å². The third-order valence-electron chi connectivity index (χ3n) is 4.49. The van der Waals surface area contributed by atoms with E-state index in [0.717, 1.165) is 37.3 Å². The first-order chi connectivity index (χ1) is 11.5. The van der Waals surface area contributed by atoms with E-state index >= 15 is 0 Å². The number of benzene rings is 1. The van der Waals surface area contributed by atoms with E-state index in [0.29, 0.717) is 0 Å². The molecule has 24 heavy (non-hydrogen) atoms. The molecule has 0 spiro atoms. The van der Waals surface area contributed by atoms with E-state index in [-0.39, 0.29) is 23.4 Å². The maximum absolute atomic E-state index is 12.3. The molecule has 1 saturated heterocycles. The van der Waals surface area contributed by atoms with Gasteiger partial charge in [-0.3, -0.25) is 9.59 Å². The fourth-order valence-corrected chi connectivity index (χ4v) is 5.00. The fraction of sp³-hybridized carbons (Fsp3) is 0.529. The minimum Gasteiger partial charge on any atom is -0.481 e. The van der Waals surface area contributed by atoms with Crippen LogP contribution >= 0.6 is 11.8 Å². The Labute approximate surface area is 145 Å². The number of thioether (sulfide) groups is 1. The molecule has 0 bridgehead atoms. The number of piperidine rings is 1. The minimum atomic E-state index is -0.903. The predicted octanol–water partition coefficient (Wildman–Crippen LogP) is 2.34. The normalized spacial score (nSPS) is 22.8. The Kier molecular flexibility index (Phi) is 5.01. The lowest BCUT2D eigenvalue weighted by Gasteiger charge is -2.36. The highest BCUT2D eigenvalue weighted by Gasteiger charge is 2.44. The van der Waals surface area contributed by atoms with Gasteiger partial charge in [0, 0.05) is 0 Å². The minimum absolute atomic E-state index is 0.0954. The number of Topliss-reactive ketones (excluding diaryl/α,β-unsaturated/α-hetero) is 1. The summed E-state index contributed by atoms with van der Waals surface area (Å²) < 4.78 is 0. The van der Waals surface area contributed by atoms with Crippen molar-refractivity contribution in [1.82, 2.24) is 5.32 Å². The van der Waals surface area contributed by atoms with Gasteiger partial charge in [0.05, 0.1) is 23.0 Å². The summed E-state index contributed by atoms with van der Waals surface area (Å²) in [4.78, 5) is 22.8. The number of anilines is 2. The Morgan fingerprint density at radius 2 is 2.00 bits per heavy atom. The van der Waals surface area contributed by atoms with Crippen LogP contribution in [0, 0.1) is 5.92 Å². The summed E-state index contributed by atoms with van der Waals surface area (Å²) in [7, 11) is 0. The van der Waals surface area contributed by atoms with E-state index in [4.69, 9.17) is 0 Å². The van der Waals surface area contributed by atoms with Crippen LogP contribution in [0.25, 0.3) is 0 Å². The number of hydrogen-bond acceptors (Lipinski definition) is 6. The van der Waals surface area contributed by atoms with Gasteiger partial charge in [0.2, 0.25) is 0 Å². The topological polar surface area (TPSA) is 90.5 Å². The first-order valence-corrected chi connectivity index (χ1v) is 9.13. The van der Waals surface area contributed by atoms with Gasteiger partial charge in [0.1, 0.15) is 5.78 Å². The number of carbonyl (C=O) groups is 2. The lowest BCUT2D eigenvalue weighted by Crippen LogP contribution is -2.46. The Hall–Kier alpha value is -1.73. The van der Waals surface area contributed by atoms with E-state index in [9.17, 15) is 14.7 Å². The number of fused-ring (bicyclic) bond motifs is 1. The summed E-state index contributed by atoms with van der Waals surface area (Å²) in [6.45, 7) is 3.38. The Balaban J connectivity index is 1.83. The zero-order valence-corrected chi connectivity index (χ0v) is 14.5. The van der Waals surface area contributed by atoms with E-state index in [1.54, 1.807) is 6.92 Å². The summed E-state index contributed by atoms with van der Waals surface area (Å²) in [6, 6.07) is 7.64. The van der Waals surface area contributed by atoms with Crippen molar-refractivity contribution < 1.29 is 14.7 Å². The van der Waals surface area contributed by atoms with Crippen molar-refractivity contribution in [1.29, 1.82) is 0 Å². The average molecular weight is 349 g/mol. The molecule has 0 amide bonds. The summed E-state index contributed by atoms with van der Waals surface area (Å²) in [5.74, 6) is -0.586. The molecule has 4 N–H and O–H groups in total. The van der Waals surface area contributed by atoms with Gasteiger partial charge in [-0.25, -0.2) is 0 Å². The standard InChI is InChI=1S/C17H23N3O3S/c1-11(21)16(12-5-4-8-18-10-12)24-17(9-15(22)23)19-13-6-2-3-7-14(13)20-17/h2-3,6-7,12,16,18-20H,4-5,8-10H2,1H3,(H,22,23). The largest absolute Gasteiger partial charge is 0.481 e. The van der Waals surface area contributed by atoms with Crippen LogP contribution in [0.2, 0.25) is 0 Å². The molecule has 3 rings (SSSR count). The number of carboxylic acids is 1. The second kappa shape index (κ2) is 7.03. The van der Waals surface area contributed by atoms with E-state index in [1.165, 1.54) is 11.8 Å². The lowest BCUT2D eigenvalue weighted by molar-refractivity contribution is -0.137. The molecule has 0 radical (unpaired) electrons. The number of aliphatic carboxylic acids is 1. The molecule has 2 aliphatic rings. The molecule has 7 heteroatoms. The quantitative estimate of drug-likeness (QED) is 0.627. The summed E-state index contributed by atoms with van der Waals surface area (Å²) >= 11 is 1.41. The summed E-state index contributed by atoms with van der Waals surface area (Å²) in [5, 5.41) is 19.1. The van der Waals surface area contributed by atoms with Gasteiger partial charge in [-0.05, 0) is 50.9 Å². The number of carbonyl (C=O) groups excluding carboxylic acids is 1. The molecule has 2 atom stereocenters. The SMILES string of the molecule is CC(=O)C(SC1(CC(=O)O)Nc2ccccc2N1)C1CCCNC1. The molecule has 2 unspecified atom stereocenters. The molecule has 0 saturated carbocycles. The van der Waals surface area contributed by atoms with Crippen LogP contribution in [0.3, 0.4) is 0 Å². The van der Waals surface area contributed by atoms with E-state index in [1.807, 2.05) is 24.3 Å². The van der Waals surface area contributed by atoms with E-state index in [2.05, 4.69) is 16.0 Å². The Morgan fingerprint density at radius 1 is 1.33 bits per heavy atom. The van der Waals surface area contributed by atoms with Crippen LogP contribution in [0.5, 0.6) is 0 Å². The third-order valence-corrected chi connectivity index (χ3v) is 6.21. The Morgan fingerprint density at radius 3 is 2.50 bits per heavy atom. The molecule has 6 nitrogen and oxygen atoms in total. The zero-order valence-electron chi connectivity index (χ0n) is 13.7. The van der Waals surface area contributed by atoms with Crippen molar-refractivity contribution >= 4 is 34.9 Å². The second-order valence-electron chi connectivity index (χ2n) is 6.45. The van der Waals surface area contributed by atoms with Gasteiger partial charge in [-0.1, -0.05) is 12.1 Å². The first kappa shape index (κ1) is 17.1. The highest BCUT2D eigenvalue weighted by atomic mass is 32.2. The van der Waals surface area contributed by atoms with Crippen molar-refractivity contribution in [3.8, 4) is 0 Å². The van der Waals surface area contributed by atoms with Gasteiger partial charge >= 0.3 is 5.97 Å². The van der Waals surface area contributed by atoms with Crippen LogP contribution in [0.4, 0.5) is 11.4 Å². The van der Waals surface area contributed by atoms with Crippen LogP contribution in [0.15, 0.2) is 24.3 Å². The third kappa shape index (κ3) is 3.67. The van der Waals surface area contributed by atoms with Crippen LogP contribution in [-0.4, -0.2) is 40.2 Å². The fourth-order valence-electron chi connectivity index (χ4n) is 3.43. The molecule has 1 aromatic rings. The number of nitrogens with one attached hydrogen (secondary N) is 3. The van der Waals surface area contributed by atoms with Crippen molar-refractivity contribution in [2.24, 2.45) is 5.92 Å².